The number of amides is 2. The number of benzene rings is 1. The van der Waals surface area contributed by atoms with Gasteiger partial charge >= 0.3 is 0 Å². The van der Waals surface area contributed by atoms with Crippen LogP contribution in [-0.4, -0.2) is 40.4 Å². The number of nitrogens with zero attached hydrogens (tertiary/aromatic N) is 3. The monoisotopic (exact) mass is 405 g/mol. The fourth-order valence-electron chi connectivity index (χ4n) is 2.79. The number of nitrogens with one attached hydrogen (secondary N) is 2. The van der Waals surface area contributed by atoms with E-state index in [0.29, 0.717) is 11.6 Å². The summed E-state index contributed by atoms with van der Waals surface area (Å²) in [5.41, 5.74) is 1.40. The average Bonchev–Trinajstić information content (AvgIpc) is 3.02. The molecule has 2 aromatic rings. The molecule has 0 fully saturated rings. The van der Waals surface area contributed by atoms with Gasteiger partial charge in [-0.15, -0.1) is 10.2 Å². The van der Waals surface area contributed by atoms with Crippen molar-refractivity contribution in [3.8, 4) is 0 Å². The van der Waals surface area contributed by atoms with Crippen molar-refractivity contribution in [1.29, 1.82) is 0 Å². The number of fused-ring (bicyclic) bond motifs is 1. The molecule has 2 N–H and O–H groups in total. The van der Waals surface area contributed by atoms with E-state index >= 15 is 0 Å². The topological polar surface area (TPSA) is 87.2 Å². The SMILES string of the molecule is CC(C)CNc1nnc(SCC(=O)N2c3ccccc3NC(=O)CC2C)s1. The number of aromatic nitrogens is 2. The highest BCUT2D eigenvalue weighted by Gasteiger charge is 2.29. The normalized spacial score (nSPS) is 16.7. The number of hydrogen-bond donors (Lipinski definition) is 2. The standard InChI is InChI=1S/C18H23N5O2S2/c1-11(2)9-19-17-21-22-18(27-17)26-10-16(25)23-12(3)8-15(24)20-13-6-4-5-7-14(13)23/h4-7,11-12H,8-10H2,1-3H3,(H,19,21)(H,20,24). The molecule has 2 heterocycles. The predicted molar refractivity (Wildman–Crippen MR) is 111 cm³/mol. The molecule has 1 atom stereocenters. The van der Waals surface area contributed by atoms with Gasteiger partial charge < -0.3 is 15.5 Å². The first-order valence-corrected chi connectivity index (χ1v) is 10.7. The summed E-state index contributed by atoms with van der Waals surface area (Å²) in [6, 6.07) is 7.18. The summed E-state index contributed by atoms with van der Waals surface area (Å²) in [4.78, 5) is 26.7. The van der Waals surface area contributed by atoms with Crippen LogP contribution in [0.25, 0.3) is 0 Å². The van der Waals surface area contributed by atoms with Gasteiger partial charge in [0, 0.05) is 19.0 Å². The van der Waals surface area contributed by atoms with E-state index in [2.05, 4.69) is 34.7 Å². The number of carbonyl (C=O) groups is 2. The maximum Gasteiger partial charge on any atom is 0.237 e. The number of thioether (sulfide) groups is 1. The molecule has 1 aliphatic rings. The molecule has 3 rings (SSSR count). The molecular formula is C18H23N5O2S2. The van der Waals surface area contributed by atoms with Crippen molar-refractivity contribution in [3.63, 3.8) is 0 Å². The molecule has 0 saturated heterocycles. The van der Waals surface area contributed by atoms with Crippen molar-refractivity contribution in [2.24, 2.45) is 5.92 Å². The van der Waals surface area contributed by atoms with Gasteiger partial charge in [0.2, 0.25) is 16.9 Å². The van der Waals surface area contributed by atoms with E-state index in [9.17, 15) is 9.59 Å². The highest BCUT2D eigenvalue weighted by Crippen LogP contribution is 2.33. The van der Waals surface area contributed by atoms with Crippen LogP contribution in [0.15, 0.2) is 28.6 Å². The van der Waals surface area contributed by atoms with E-state index in [1.165, 1.54) is 23.1 Å². The summed E-state index contributed by atoms with van der Waals surface area (Å²) in [6.45, 7) is 6.98. The fourth-order valence-corrected chi connectivity index (χ4v) is 4.41. The highest BCUT2D eigenvalue weighted by molar-refractivity contribution is 8.01. The second kappa shape index (κ2) is 8.71. The Morgan fingerprint density at radius 3 is 2.96 bits per heavy atom. The first kappa shape index (κ1) is 19.6. The molecule has 2 amide bonds. The van der Waals surface area contributed by atoms with Crippen molar-refractivity contribution in [2.45, 2.75) is 37.6 Å². The van der Waals surface area contributed by atoms with Crippen LogP contribution in [0.5, 0.6) is 0 Å². The van der Waals surface area contributed by atoms with E-state index in [1.54, 1.807) is 4.90 Å². The van der Waals surface area contributed by atoms with Gasteiger partial charge in [0.1, 0.15) is 0 Å². The summed E-state index contributed by atoms with van der Waals surface area (Å²) in [5, 5.41) is 15.1. The molecule has 0 aliphatic carbocycles. The first-order valence-electron chi connectivity index (χ1n) is 8.85. The van der Waals surface area contributed by atoms with Crippen LogP contribution in [0.1, 0.15) is 27.2 Å². The summed E-state index contributed by atoms with van der Waals surface area (Å²) in [5.74, 6) is 0.629. The van der Waals surface area contributed by atoms with E-state index in [1.807, 2.05) is 31.2 Å². The van der Waals surface area contributed by atoms with Crippen LogP contribution in [-0.2, 0) is 9.59 Å². The number of rotatable bonds is 6. The molecule has 1 aromatic carbocycles. The molecule has 9 heteroatoms. The Kier molecular flexibility index (Phi) is 6.33. The zero-order valence-electron chi connectivity index (χ0n) is 15.6. The maximum absolute atomic E-state index is 12.9. The Morgan fingerprint density at radius 2 is 2.19 bits per heavy atom. The minimum atomic E-state index is -0.209. The third-order valence-electron chi connectivity index (χ3n) is 4.02. The van der Waals surface area contributed by atoms with E-state index in [4.69, 9.17) is 0 Å². The van der Waals surface area contributed by atoms with Crippen LogP contribution >= 0.6 is 23.1 Å². The Hall–Kier alpha value is -2.13. The molecular weight excluding hydrogens is 382 g/mol. The van der Waals surface area contributed by atoms with Crippen LogP contribution in [0, 0.1) is 5.92 Å². The van der Waals surface area contributed by atoms with Crippen LogP contribution < -0.4 is 15.5 Å². The summed E-state index contributed by atoms with van der Waals surface area (Å²) >= 11 is 2.82. The van der Waals surface area contributed by atoms with E-state index < -0.39 is 0 Å². The van der Waals surface area contributed by atoms with Crippen molar-refractivity contribution in [3.05, 3.63) is 24.3 Å². The summed E-state index contributed by atoms with van der Waals surface area (Å²) in [6.07, 6.45) is 0.271. The lowest BCUT2D eigenvalue weighted by Gasteiger charge is -2.27. The van der Waals surface area contributed by atoms with Gasteiger partial charge in [-0.05, 0) is 25.0 Å². The number of para-hydroxylation sites is 2. The number of hydrogen-bond acceptors (Lipinski definition) is 7. The zero-order valence-corrected chi connectivity index (χ0v) is 17.2. The molecule has 0 spiro atoms. The number of carbonyl (C=O) groups excluding carboxylic acids is 2. The Bertz CT molecular complexity index is 824. The average molecular weight is 406 g/mol. The molecule has 144 valence electrons. The van der Waals surface area contributed by atoms with Crippen molar-refractivity contribution >= 4 is 51.4 Å². The van der Waals surface area contributed by atoms with Gasteiger partial charge in [-0.2, -0.15) is 0 Å². The summed E-state index contributed by atoms with van der Waals surface area (Å²) < 4.78 is 0.750. The smallest absolute Gasteiger partial charge is 0.237 e. The lowest BCUT2D eigenvalue weighted by atomic mass is 10.2. The molecule has 27 heavy (non-hydrogen) atoms. The van der Waals surface area contributed by atoms with Crippen molar-refractivity contribution < 1.29 is 9.59 Å². The lowest BCUT2D eigenvalue weighted by Crippen LogP contribution is -2.40. The molecule has 1 aliphatic heterocycles. The largest absolute Gasteiger partial charge is 0.360 e. The van der Waals surface area contributed by atoms with Crippen LogP contribution in [0.2, 0.25) is 0 Å². The lowest BCUT2D eigenvalue weighted by molar-refractivity contribution is -0.117. The number of anilines is 3. The molecule has 1 unspecified atom stereocenters. The predicted octanol–water partition coefficient (Wildman–Crippen LogP) is 3.46. The van der Waals surface area contributed by atoms with E-state index in [-0.39, 0.29) is 30.0 Å². The van der Waals surface area contributed by atoms with Gasteiger partial charge in [-0.25, -0.2) is 0 Å². The van der Waals surface area contributed by atoms with Gasteiger partial charge in [-0.3, -0.25) is 9.59 Å². The Balaban J connectivity index is 1.67. The van der Waals surface area contributed by atoms with Gasteiger partial charge in [0.15, 0.2) is 4.34 Å². The Labute approximate surface area is 166 Å². The molecule has 7 nitrogen and oxygen atoms in total. The molecule has 0 saturated carbocycles. The van der Waals surface area contributed by atoms with E-state index in [0.717, 1.165) is 21.7 Å². The van der Waals surface area contributed by atoms with Gasteiger partial charge in [0.25, 0.3) is 0 Å². The van der Waals surface area contributed by atoms with Gasteiger partial charge in [0.05, 0.1) is 17.1 Å². The molecule has 1 aromatic heterocycles. The third kappa shape index (κ3) is 4.98. The van der Waals surface area contributed by atoms with Crippen molar-refractivity contribution in [2.75, 3.05) is 27.8 Å². The second-order valence-corrected chi connectivity index (χ2v) is 9.02. The maximum atomic E-state index is 12.9. The molecule has 0 bridgehead atoms. The highest BCUT2D eigenvalue weighted by atomic mass is 32.2. The third-order valence-corrected chi connectivity index (χ3v) is 6.01. The van der Waals surface area contributed by atoms with Crippen molar-refractivity contribution in [1.82, 2.24) is 10.2 Å². The second-order valence-electron chi connectivity index (χ2n) is 6.82. The fraction of sp³-hybridized carbons (Fsp3) is 0.444. The van der Waals surface area contributed by atoms with Crippen LogP contribution in [0.3, 0.4) is 0 Å². The summed E-state index contributed by atoms with van der Waals surface area (Å²) in [7, 11) is 0. The van der Waals surface area contributed by atoms with Gasteiger partial charge in [-0.1, -0.05) is 49.1 Å². The zero-order chi connectivity index (χ0) is 19.4. The quantitative estimate of drug-likeness (QED) is 0.716. The molecule has 0 radical (unpaired) electrons. The minimum absolute atomic E-state index is 0.0525. The first-order chi connectivity index (χ1) is 12.9. The minimum Gasteiger partial charge on any atom is -0.360 e. The van der Waals surface area contributed by atoms with Crippen LogP contribution in [0.4, 0.5) is 16.5 Å². The Morgan fingerprint density at radius 1 is 1.41 bits per heavy atom.